The number of ether oxygens (including phenoxy) is 1. The highest BCUT2D eigenvalue weighted by atomic mass is 79.9. The predicted octanol–water partition coefficient (Wildman–Crippen LogP) is 3.42. The van der Waals surface area contributed by atoms with Crippen molar-refractivity contribution in [1.29, 1.82) is 0 Å². The summed E-state index contributed by atoms with van der Waals surface area (Å²) in [6.45, 7) is 2.12. The molecule has 0 fully saturated rings. The summed E-state index contributed by atoms with van der Waals surface area (Å²) in [5.74, 6) is 0.934. The molecule has 0 radical (unpaired) electrons. The molecule has 0 saturated heterocycles. The molecule has 0 aliphatic rings. The average Bonchev–Trinajstić information content (AvgIpc) is 2.69. The number of aromatic nitrogens is 2. The Morgan fingerprint density at radius 1 is 1.41 bits per heavy atom. The zero-order valence-corrected chi connectivity index (χ0v) is 11.8. The molecule has 4 heteroatoms. The SMILES string of the molecule is CCc1cc(-c2ncn(C)c2Br)ccc1OC. The molecule has 0 aliphatic heterocycles. The van der Waals surface area contributed by atoms with Crippen molar-refractivity contribution in [2.45, 2.75) is 13.3 Å². The molecule has 0 atom stereocenters. The summed E-state index contributed by atoms with van der Waals surface area (Å²) in [6, 6.07) is 6.16. The van der Waals surface area contributed by atoms with Crippen LogP contribution in [0.1, 0.15) is 12.5 Å². The number of aryl methyl sites for hydroxylation is 2. The zero-order chi connectivity index (χ0) is 12.4. The Bertz CT molecular complexity index is 534. The first kappa shape index (κ1) is 12.2. The van der Waals surface area contributed by atoms with E-state index in [-0.39, 0.29) is 0 Å². The Morgan fingerprint density at radius 3 is 2.71 bits per heavy atom. The Morgan fingerprint density at radius 2 is 2.18 bits per heavy atom. The van der Waals surface area contributed by atoms with Crippen LogP contribution in [0.4, 0.5) is 0 Å². The van der Waals surface area contributed by atoms with Crippen LogP contribution in [0.2, 0.25) is 0 Å². The summed E-state index contributed by atoms with van der Waals surface area (Å²) in [5, 5.41) is 0. The summed E-state index contributed by atoms with van der Waals surface area (Å²) >= 11 is 3.54. The third kappa shape index (κ3) is 2.22. The van der Waals surface area contributed by atoms with Gasteiger partial charge in [0, 0.05) is 12.6 Å². The molecule has 90 valence electrons. The normalized spacial score (nSPS) is 10.6. The summed E-state index contributed by atoms with van der Waals surface area (Å²) < 4.78 is 8.27. The van der Waals surface area contributed by atoms with E-state index in [1.54, 1.807) is 13.4 Å². The maximum atomic E-state index is 5.33. The third-order valence-corrected chi connectivity index (χ3v) is 3.73. The van der Waals surface area contributed by atoms with Gasteiger partial charge in [0.25, 0.3) is 0 Å². The van der Waals surface area contributed by atoms with Crippen LogP contribution in [0.5, 0.6) is 5.75 Å². The van der Waals surface area contributed by atoms with Gasteiger partial charge in [-0.15, -0.1) is 0 Å². The maximum absolute atomic E-state index is 5.33. The number of methoxy groups -OCH3 is 1. The van der Waals surface area contributed by atoms with Gasteiger partial charge in [0.1, 0.15) is 16.0 Å². The lowest BCUT2D eigenvalue weighted by molar-refractivity contribution is 0.410. The summed E-state index contributed by atoms with van der Waals surface area (Å²) in [6.07, 6.45) is 2.75. The molecule has 17 heavy (non-hydrogen) atoms. The number of halogens is 1. The quantitative estimate of drug-likeness (QED) is 0.867. The van der Waals surface area contributed by atoms with E-state index >= 15 is 0 Å². The standard InChI is InChI=1S/C13H15BrN2O/c1-4-9-7-10(5-6-11(9)17-3)12-13(14)16(2)8-15-12/h5-8H,4H2,1-3H3. The topological polar surface area (TPSA) is 27.1 Å². The van der Waals surface area contributed by atoms with Crippen LogP contribution in [0, 0.1) is 0 Å². The lowest BCUT2D eigenvalue weighted by atomic mass is 10.1. The number of benzene rings is 1. The Balaban J connectivity index is 2.50. The monoisotopic (exact) mass is 294 g/mol. The number of rotatable bonds is 3. The highest BCUT2D eigenvalue weighted by Gasteiger charge is 2.10. The minimum absolute atomic E-state index is 0.934. The van der Waals surface area contributed by atoms with Crippen molar-refractivity contribution in [2.24, 2.45) is 7.05 Å². The first-order chi connectivity index (χ1) is 8.17. The molecule has 1 heterocycles. The van der Waals surface area contributed by atoms with Gasteiger partial charge in [0.2, 0.25) is 0 Å². The van der Waals surface area contributed by atoms with E-state index < -0.39 is 0 Å². The third-order valence-electron chi connectivity index (χ3n) is 2.80. The van der Waals surface area contributed by atoms with Crippen molar-refractivity contribution in [1.82, 2.24) is 9.55 Å². The minimum Gasteiger partial charge on any atom is -0.496 e. The zero-order valence-electron chi connectivity index (χ0n) is 10.2. The van der Waals surface area contributed by atoms with Crippen LogP contribution in [0.25, 0.3) is 11.3 Å². The summed E-state index contributed by atoms with van der Waals surface area (Å²) in [4.78, 5) is 4.39. The van der Waals surface area contributed by atoms with E-state index in [0.29, 0.717) is 0 Å². The molecule has 1 aromatic heterocycles. The predicted molar refractivity (Wildman–Crippen MR) is 72.3 cm³/mol. The van der Waals surface area contributed by atoms with Crippen LogP contribution < -0.4 is 4.74 Å². The van der Waals surface area contributed by atoms with E-state index in [0.717, 1.165) is 28.0 Å². The van der Waals surface area contributed by atoms with Crippen LogP contribution in [-0.4, -0.2) is 16.7 Å². The van der Waals surface area contributed by atoms with Crippen molar-refractivity contribution >= 4 is 15.9 Å². The van der Waals surface area contributed by atoms with Gasteiger partial charge in [-0.25, -0.2) is 4.98 Å². The maximum Gasteiger partial charge on any atom is 0.122 e. The molecule has 2 rings (SSSR count). The van der Waals surface area contributed by atoms with Crippen LogP contribution in [0.15, 0.2) is 29.1 Å². The molecular formula is C13H15BrN2O. The van der Waals surface area contributed by atoms with Crippen LogP contribution in [-0.2, 0) is 13.5 Å². The molecule has 3 nitrogen and oxygen atoms in total. The van der Waals surface area contributed by atoms with Gasteiger partial charge in [-0.2, -0.15) is 0 Å². The molecule has 2 aromatic rings. The second-order valence-electron chi connectivity index (χ2n) is 3.88. The number of imidazole rings is 1. The minimum atomic E-state index is 0.934. The van der Waals surface area contributed by atoms with Crippen molar-refractivity contribution in [3.8, 4) is 17.0 Å². The first-order valence-corrected chi connectivity index (χ1v) is 6.30. The van der Waals surface area contributed by atoms with Gasteiger partial charge < -0.3 is 9.30 Å². The molecule has 0 spiro atoms. The smallest absolute Gasteiger partial charge is 0.122 e. The van der Waals surface area contributed by atoms with Crippen molar-refractivity contribution in [3.05, 3.63) is 34.7 Å². The lowest BCUT2D eigenvalue weighted by Crippen LogP contribution is -1.92. The van der Waals surface area contributed by atoms with Crippen molar-refractivity contribution in [3.63, 3.8) is 0 Å². The molecule has 0 aliphatic carbocycles. The second kappa shape index (κ2) is 4.92. The van der Waals surface area contributed by atoms with Gasteiger partial charge in [0.15, 0.2) is 0 Å². The van der Waals surface area contributed by atoms with Gasteiger partial charge in [-0.05, 0) is 46.1 Å². The number of hydrogen-bond donors (Lipinski definition) is 0. The van der Waals surface area contributed by atoms with Gasteiger partial charge in [-0.3, -0.25) is 0 Å². The average molecular weight is 295 g/mol. The van der Waals surface area contributed by atoms with Crippen LogP contribution in [0.3, 0.4) is 0 Å². The Labute approximate surface area is 110 Å². The number of nitrogens with zero attached hydrogens (tertiary/aromatic N) is 2. The first-order valence-electron chi connectivity index (χ1n) is 5.51. The van der Waals surface area contributed by atoms with Crippen LogP contribution >= 0.6 is 15.9 Å². The fraction of sp³-hybridized carbons (Fsp3) is 0.308. The van der Waals surface area contributed by atoms with E-state index in [2.05, 4.69) is 33.9 Å². The fourth-order valence-corrected chi connectivity index (χ4v) is 2.23. The van der Waals surface area contributed by atoms with E-state index in [4.69, 9.17) is 4.74 Å². The summed E-state index contributed by atoms with van der Waals surface area (Å²) in [7, 11) is 3.66. The molecule has 0 amide bonds. The van der Waals surface area contributed by atoms with E-state index in [1.807, 2.05) is 23.7 Å². The van der Waals surface area contributed by atoms with Gasteiger partial charge >= 0.3 is 0 Å². The number of hydrogen-bond acceptors (Lipinski definition) is 2. The molecule has 0 bridgehead atoms. The van der Waals surface area contributed by atoms with Gasteiger partial charge in [-0.1, -0.05) is 6.92 Å². The molecule has 0 N–H and O–H groups in total. The molecule has 0 unspecified atom stereocenters. The highest BCUT2D eigenvalue weighted by Crippen LogP contribution is 2.30. The Kier molecular flexibility index (Phi) is 3.52. The highest BCUT2D eigenvalue weighted by molar-refractivity contribution is 9.10. The van der Waals surface area contributed by atoms with Crippen molar-refractivity contribution in [2.75, 3.05) is 7.11 Å². The summed E-state index contributed by atoms with van der Waals surface area (Å²) in [5.41, 5.74) is 3.27. The van der Waals surface area contributed by atoms with E-state index in [1.165, 1.54) is 5.56 Å². The van der Waals surface area contributed by atoms with E-state index in [9.17, 15) is 0 Å². The fourth-order valence-electron chi connectivity index (χ4n) is 1.81. The van der Waals surface area contributed by atoms with Gasteiger partial charge in [0.05, 0.1) is 13.4 Å². The second-order valence-corrected chi connectivity index (χ2v) is 4.63. The lowest BCUT2D eigenvalue weighted by Gasteiger charge is -2.08. The molecule has 1 aromatic carbocycles. The molecule has 0 saturated carbocycles. The molecular weight excluding hydrogens is 280 g/mol. The van der Waals surface area contributed by atoms with Crippen molar-refractivity contribution < 1.29 is 4.74 Å². The largest absolute Gasteiger partial charge is 0.496 e. The Hall–Kier alpha value is -1.29.